The lowest BCUT2D eigenvalue weighted by Gasteiger charge is -2.36. The van der Waals surface area contributed by atoms with Crippen molar-refractivity contribution in [2.45, 2.75) is 18.4 Å². The molecule has 4 nitrogen and oxygen atoms in total. The number of aliphatic imine (C=N–C) groups is 1. The van der Waals surface area contributed by atoms with E-state index < -0.39 is 0 Å². The van der Waals surface area contributed by atoms with Crippen molar-refractivity contribution >= 4 is 35.6 Å². The molecule has 27 heavy (non-hydrogen) atoms. The Morgan fingerprint density at radius 1 is 1.00 bits per heavy atom. The lowest BCUT2D eigenvalue weighted by Crippen LogP contribution is -2.51. The van der Waals surface area contributed by atoms with Crippen LogP contribution >= 0.6 is 24.0 Å². The van der Waals surface area contributed by atoms with Crippen molar-refractivity contribution < 1.29 is 4.39 Å². The van der Waals surface area contributed by atoms with E-state index in [1.54, 1.807) is 0 Å². The average molecular weight is 478 g/mol. The zero-order chi connectivity index (χ0) is 17.7. The Morgan fingerprint density at radius 2 is 1.70 bits per heavy atom. The van der Waals surface area contributed by atoms with Gasteiger partial charge in [0.1, 0.15) is 5.82 Å². The summed E-state index contributed by atoms with van der Waals surface area (Å²) in [6.07, 6.45) is 1.14. The molecule has 2 aliphatic carbocycles. The summed E-state index contributed by atoms with van der Waals surface area (Å²) in [6, 6.07) is 15.8. The zero-order valence-electron chi connectivity index (χ0n) is 15.1. The molecule has 3 atom stereocenters. The van der Waals surface area contributed by atoms with Crippen molar-refractivity contribution in [2.75, 3.05) is 31.1 Å². The van der Waals surface area contributed by atoms with Crippen LogP contribution in [-0.2, 0) is 6.42 Å². The number of piperazine rings is 1. The van der Waals surface area contributed by atoms with Gasteiger partial charge in [-0.1, -0.05) is 24.3 Å². The van der Waals surface area contributed by atoms with Crippen LogP contribution in [0.25, 0.3) is 0 Å². The van der Waals surface area contributed by atoms with Gasteiger partial charge in [0, 0.05) is 37.8 Å². The van der Waals surface area contributed by atoms with Gasteiger partial charge in [-0.3, -0.25) is 0 Å². The Labute approximate surface area is 176 Å². The molecule has 0 radical (unpaired) electrons. The third-order valence-corrected chi connectivity index (χ3v) is 6.07. The molecule has 2 aromatic carbocycles. The predicted octanol–water partition coefficient (Wildman–Crippen LogP) is 3.22. The Hall–Kier alpha value is -1.83. The minimum Gasteiger partial charge on any atom is -0.370 e. The Morgan fingerprint density at radius 3 is 2.44 bits per heavy atom. The van der Waals surface area contributed by atoms with Crippen molar-refractivity contribution in [1.82, 2.24) is 4.90 Å². The Kier molecular flexibility index (Phi) is 5.01. The molecular weight excluding hydrogens is 454 g/mol. The number of halogens is 2. The molecule has 5 rings (SSSR count). The smallest absolute Gasteiger partial charge is 0.191 e. The maximum absolute atomic E-state index is 13.1. The van der Waals surface area contributed by atoms with Crippen molar-refractivity contribution in [3.05, 3.63) is 65.5 Å². The summed E-state index contributed by atoms with van der Waals surface area (Å²) >= 11 is 0. The van der Waals surface area contributed by atoms with Gasteiger partial charge in [-0.05, 0) is 47.7 Å². The average Bonchev–Trinajstić information content (AvgIpc) is 3.18. The van der Waals surface area contributed by atoms with Crippen LogP contribution < -0.4 is 10.6 Å². The molecular formula is C21H24FIN4. The number of hydrogen-bond donors (Lipinski definition) is 1. The first-order valence-corrected chi connectivity index (χ1v) is 9.37. The third kappa shape index (κ3) is 3.39. The van der Waals surface area contributed by atoms with Gasteiger partial charge in [-0.2, -0.15) is 0 Å². The van der Waals surface area contributed by atoms with E-state index in [1.807, 2.05) is 12.1 Å². The summed E-state index contributed by atoms with van der Waals surface area (Å²) in [4.78, 5) is 9.31. The fourth-order valence-electron chi connectivity index (χ4n) is 4.57. The minimum atomic E-state index is -0.194. The Balaban J connectivity index is 0.00000180. The van der Waals surface area contributed by atoms with Crippen LogP contribution in [0.5, 0.6) is 0 Å². The second kappa shape index (κ2) is 7.30. The van der Waals surface area contributed by atoms with Crippen molar-refractivity contribution in [2.24, 2.45) is 16.6 Å². The van der Waals surface area contributed by atoms with E-state index in [0.717, 1.165) is 38.3 Å². The van der Waals surface area contributed by atoms with Crippen molar-refractivity contribution in [3.8, 4) is 0 Å². The summed E-state index contributed by atoms with van der Waals surface area (Å²) in [7, 11) is 0. The number of benzene rings is 2. The van der Waals surface area contributed by atoms with Crippen LogP contribution in [0.1, 0.15) is 17.0 Å². The molecule has 1 saturated heterocycles. The maximum atomic E-state index is 13.1. The SMILES string of the molecule is I.NC(=NC1C2Cc3ccccc3C21)N1CCN(c2ccc(F)cc2)CC1. The number of rotatable bonds is 2. The largest absolute Gasteiger partial charge is 0.370 e. The standard InChI is InChI=1S/C21H23FN4.HI/c22-15-5-7-16(8-6-15)25-9-11-26(12-10-25)21(23)24-20-18-13-14-3-1-2-4-17(14)19(18)20;/h1-8,18-20H,9-13H2,(H2,23,24);1H. The van der Waals surface area contributed by atoms with E-state index >= 15 is 0 Å². The Bertz CT molecular complexity index is 846. The number of nitrogens with two attached hydrogens (primary N) is 1. The van der Waals surface area contributed by atoms with Crippen LogP contribution in [0.15, 0.2) is 53.5 Å². The molecule has 0 bridgehead atoms. The summed E-state index contributed by atoms with van der Waals surface area (Å²) in [5.74, 6) is 1.71. The molecule has 2 N–H and O–H groups in total. The lowest BCUT2D eigenvalue weighted by atomic mass is 10.1. The number of anilines is 1. The van der Waals surface area contributed by atoms with Gasteiger partial charge in [0.25, 0.3) is 0 Å². The van der Waals surface area contributed by atoms with Gasteiger partial charge in [-0.15, -0.1) is 24.0 Å². The zero-order valence-corrected chi connectivity index (χ0v) is 17.4. The van der Waals surface area contributed by atoms with Gasteiger partial charge in [0.2, 0.25) is 0 Å². The topological polar surface area (TPSA) is 44.9 Å². The highest BCUT2D eigenvalue weighted by atomic mass is 127. The molecule has 3 aliphatic rings. The van der Waals surface area contributed by atoms with Gasteiger partial charge in [-0.25, -0.2) is 9.38 Å². The van der Waals surface area contributed by atoms with E-state index in [2.05, 4.69) is 34.1 Å². The summed E-state index contributed by atoms with van der Waals surface area (Å²) < 4.78 is 13.1. The molecule has 1 aliphatic heterocycles. The fraction of sp³-hybridized carbons (Fsp3) is 0.381. The van der Waals surface area contributed by atoms with Gasteiger partial charge in [0.15, 0.2) is 5.96 Å². The van der Waals surface area contributed by atoms with Crippen LogP contribution in [0.3, 0.4) is 0 Å². The summed E-state index contributed by atoms with van der Waals surface area (Å²) in [5.41, 5.74) is 10.3. The first-order chi connectivity index (χ1) is 12.7. The molecule has 6 heteroatoms. The maximum Gasteiger partial charge on any atom is 0.191 e. The highest BCUT2D eigenvalue weighted by molar-refractivity contribution is 14.0. The predicted molar refractivity (Wildman–Crippen MR) is 117 cm³/mol. The van der Waals surface area contributed by atoms with Gasteiger partial charge < -0.3 is 15.5 Å². The fourth-order valence-corrected chi connectivity index (χ4v) is 4.57. The summed E-state index contributed by atoms with van der Waals surface area (Å²) in [5, 5.41) is 0. The lowest BCUT2D eigenvalue weighted by molar-refractivity contribution is 0.380. The summed E-state index contributed by atoms with van der Waals surface area (Å²) in [6.45, 7) is 3.46. The molecule has 3 unspecified atom stereocenters. The highest BCUT2D eigenvalue weighted by Crippen LogP contribution is 2.58. The van der Waals surface area contributed by atoms with Gasteiger partial charge >= 0.3 is 0 Å². The van der Waals surface area contributed by atoms with Crippen LogP contribution in [-0.4, -0.2) is 43.1 Å². The molecule has 2 fully saturated rings. The van der Waals surface area contributed by atoms with E-state index in [-0.39, 0.29) is 29.8 Å². The highest BCUT2D eigenvalue weighted by Gasteiger charge is 2.56. The van der Waals surface area contributed by atoms with Crippen molar-refractivity contribution in [3.63, 3.8) is 0 Å². The normalized spacial score (nSPS) is 26.3. The number of nitrogens with zero attached hydrogens (tertiary/aromatic N) is 3. The first kappa shape index (κ1) is 18.5. The van der Waals surface area contributed by atoms with E-state index in [9.17, 15) is 4.39 Å². The second-order valence-corrected chi connectivity index (χ2v) is 7.52. The quantitative estimate of drug-likeness (QED) is 0.410. The van der Waals surface area contributed by atoms with Crippen LogP contribution in [0.4, 0.5) is 10.1 Å². The van der Waals surface area contributed by atoms with Crippen molar-refractivity contribution in [1.29, 1.82) is 0 Å². The molecule has 0 spiro atoms. The number of hydrogen-bond acceptors (Lipinski definition) is 2. The second-order valence-electron chi connectivity index (χ2n) is 7.52. The van der Waals surface area contributed by atoms with Crippen LogP contribution in [0, 0.1) is 11.7 Å². The van der Waals surface area contributed by atoms with Crippen LogP contribution in [0.2, 0.25) is 0 Å². The molecule has 1 saturated carbocycles. The number of fused-ring (bicyclic) bond motifs is 3. The number of guanidine groups is 1. The molecule has 2 aromatic rings. The molecule has 0 amide bonds. The van der Waals surface area contributed by atoms with Gasteiger partial charge in [0.05, 0.1) is 6.04 Å². The molecule has 142 valence electrons. The first-order valence-electron chi connectivity index (χ1n) is 9.37. The molecule has 1 heterocycles. The van der Waals surface area contributed by atoms with E-state index in [4.69, 9.17) is 10.7 Å². The molecule has 0 aromatic heterocycles. The monoisotopic (exact) mass is 478 g/mol. The minimum absolute atomic E-state index is 0. The van der Waals surface area contributed by atoms with E-state index in [0.29, 0.717) is 23.8 Å². The third-order valence-electron chi connectivity index (χ3n) is 6.07. The van der Waals surface area contributed by atoms with E-state index in [1.165, 1.54) is 23.3 Å².